The van der Waals surface area contributed by atoms with Crippen molar-refractivity contribution in [3.63, 3.8) is 0 Å². The quantitative estimate of drug-likeness (QED) is 0.433. The first-order chi connectivity index (χ1) is 15.1. The fraction of sp³-hybridized carbons (Fsp3) is 0.364. The van der Waals surface area contributed by atoms with E-state index in [2.05, 4.69) is 22.4 Å². The highest BCUT2D eigenvalue weighted by molar-refractivity contribution is 7.17. The fourth-order valence-electron chi connectivity index (χ4n) is 3.62. The molecule has 0 spiro atoms. The number of para-hydroxylation sites is 1. The number of fused-ring (bicyclic) bond motifs is 3. The number of thiophene rings is 1. The molecular formula is C22H25N5O3S. The molecule has 0 bridgehead atoms. The van der Waals surface area contributed by atoms with Crippen molar-refractivity contribution >= 4 is 33.2 Å². The number of benzene rings is 1. The number of methoxy groups -OCH3 is 1. The van der Waals surface area contributed by atoms with Gasteiger partial charge in [-0.2, -0.15) is 0 Å². The molecule has 0 aliphatic heterocycles. The van der Waals surface area contributed by atoms with Crippen LogP contribution in [0.2, 0.25) is 0 Å². The van der Waals surface area contributed by atoms with E-state index in [1.54, 1.807) is 11.7 Å². The highest BCUT2D eigenvalue weighted by Crippen LogP contribution is 2.21. The van der Waals surface area contributed by atoms with Gasteiger partial charge in [-0.3, -0.25) is 18.6 Å². The summed E-state index contributed by atoms with van der Waals surface area (Å²) < 4.78 is 9.62. The number of nitrogens with one attached hydrogen (secondary N) is 1. The van der Waals surface area contributed by atoms with Crippen molar-refractivity contribution in [2.75, 3.05) is 7.11 Å². The first-order valence-electron chi connectivity index (χ1n) is 10.4. The largest absolute Gasteiger partial charge is 0.496 e. The third kappa shape index (κ3) is 4.18. The van der Waals surface area contributed by atoms with Gasteiger partial charge in [0.15, 0.2) is 0 Å². The zero-order chi connectivity index (χ0) is 21.8. The third-order valence-corrected chi connectivity index (χ3v) is 6.15. The molecule has 0 atom stereocenters. The molecule has 8 nitrogen and oxygen atoms in total. The van der Waals surface area contributed by atoms with Crippen LogP contribution in [0, 0.1) is 0 Å². The van der Waals surface area contributed by atoms with Crippen LogP contribution in [0.1, 0.15) is 37.6 Å². The van der Waals surface area contributed by atoms with E-state index in [1.165, 1.54) is 11.3 Å². The standard InChI is InChI=1S/C22H25N5O3S/c1-3-4-12-26-21(29)20-16(11-13-31-20)27-18(24-25-22(26)27)9-10-19(28)23-14-15-7-5-6-8-17(15)30-2/h5-8,11,13H,3-4,9-10,12,14H2,1-2H3,(H,23,28). The van der Waals surface area contributed by atoms with Crippen LogP contribution in [0.4, 0.5) is 0 Å². The van der Waals surface area contributed by atoms with Gasteiger partial charge in [0.2, 0.25) is 11.7 Å². The molecule has 0 aliphatic rings. The zero-order valence-corrected chi connectivity index (χ0v) is 18.4. The summed E-state index contributed by atoms with van der Waals surface area (Å²) in [6.45, 7) is 3.09. The second-order valence-electron chi connectivity index (χ2n) is 7.29. The van der Waals surface area contributed by atoms with E-state index in [1.807, 2.05) is 40.1 Å². The minimum absolute atomic E-state index is 0.0283. The number of carbonyl (C=O) groups excluding carboxylic acids is 1. The van der Waals surface area contributed by atoms with E-state index >= 15 is 0 Å². The average molecular weight is 440 g/mol. The highest BCUT2D eigenvalue weighted by Gasteiger charge is 2.18. The van der Waals surface area contributed by atoms with Gasteiger partial charge in [0.1, 0.15) is 16.3 Å². The van der Waals surface area contributed by atoms with Crippen molar-refractivity contribution in [3.05, 3.63) is 57.5 Å². The topological polar surface area (TPSA) is 90.5 Å². The molecule has 0 fully saturated rings. The van der Waals surface area contributed by atoms with Crippen molar-refractivity contribution < 1.29 is 9.53 Å². The number of amides is 1. The Bertz CT molecular complexity index is 1270. The number of ether oxygens (including phenoxy) is 1. The molecule has 162 valence electrons. The van der Waals surface area contributed by atoms with Gasteiger partial charge in [0.05, 0.1) is 12.6 Å². The molecule has 3 heterocycles. The molecule has 0 saturated carbocycles. The Kier molecular flexibility index (Phi) is 6.31. The summed E-state index contributed by atoms with van der Waals surface area (Å²) in [5.41, 5.74) is 1.69. The van der Waals surface area contributed by atoms with E-state index in [9.17, 15) is 9.59 Å². The minimum atomic E-state index is -0.0801. The summed E-state index contributed by atoms with van der Waals surface area (Å²) in [6, 6.07) is 9.51. The van der Waals surface area contributed by atoms with Crippen LogP contribution in [0.25, 0.3) is 16.0 Å². The number of unbranched alkanes of at least 4 members (excludes halogenated alkanes) is 1. The maximum Gasteiger partial charge on any atom is 0.272 e. The minimum Gasteiger partial charge on any atom is -0.496 e. The zero-order valence-electron chi connectivity index (χ0n) is 17.6. The maximum absolute atomic E-state index is 12.9. The summed E-state index contributed by atoms with van der Waals surface area (Å²) in [7, 11) is 1.61. The van der Waals surface area contributed by atoms with Crippen LogP contribution in [0.3, 0.4) is 0 Å². The predicted octanol–water partition coefficient (Wildman–Crippen LogP) is 3.16. The first kappa shape index (κ1) is 21.0. The van der Waals surface area contributed by atoms with Crippen LogP contribution in [-0.4, -0.2) is 32.2 Å². The van der Waals surface area contributed by atoms with Gasteiger partial charge in [0, 0.05) is 31.5 Å². The van der Waals surface area contributed by atoms with Crippen molar-refractivity contribution in [1.29, 1.82) is 0 Å². The molecule has 31 heavy (non-hydrogen) atoms. The van der Waals surface area contributed by atoms with E-state index in [4.69, 9.17) is 4.74 Å². The predicted molar refractivity (Wildman–Crippen MR) is 121 cm³/mol. The van der Waals surface area contributed by atoms with Gasteiger partial charge in [-0.1, -0.05) is 31.5 Å². The van der Waals surface area contributed by atoms with E-state index in [0.29, 0.717) is 35.8 Å². The number of hydrogen-bond donors (Lipinski definition) is 1. The molecule has 9 heteroatoms. The average Bonchev–Trinajstić information content (AvgIpc) is 3.43. The molecule has 0 saturated heterocycles. The van der Waals surface area contributed by atoms with Crippen molar-refractivity contribution in [3.8, 4) is 5.75 Å². The smallest absolute Gasteiger partial charge is 0.272 e. The molecular weight excluding hydrogens is 414 g/mol. The van der Waals surface area contributed by atoms with Gasteiger partial charge >= 0.3 is 0 Å². The van der Waals surface area contributed by atoms with Crippen LogP contribution in [-0.2, 0) is 24.3 Å². The van der Waals surface area contributed by atoms with E-state index in [0.717, 1.165) is 29.7 Å². The van der Waals surface area contributed by atoms with Crippen molar-refractivity contribution in [2.24, 2.45) is 0 Å². The molecule has 0 unspecified atom stereocenters. The third-order valence-electron chi connectivity index (χ3n) is 5.26. The molecule has 4 aromatic rings. The Hall–Kier alpha value is -3.20. The van der Waals surface area contributed by atoms with Gasteiger partial charge in [-0.05, 0) is 23.9 Å². The van der Waals surface area contributed by atoms with Crippen molar-refractivity contribution in [2.45, 2.75) is 45.7 Å². The monoisotopic (exact) mass is 439 g/mol. The summed E-state index contributed by atoms with van der Waals surface area (Å²) in [4.78, 5) is 25.3. The second-order valence-corrected chi connectivity index (χ2v) is 8.20. The SMILES string of the molecule is CCCCn1c(=O)c2sccc2n2c(CCC(=O)NCc3ccccc3OC)nnc12. The Labute approximate surface area is 183 Å². The lowest BCUT2D eigenvalue weighted by molar-refractivity contribution is -0.121. The van der Waals surface area contributed by atoms with Gasteiger partial charge in [-0.25, -0.2) is 0 Å². The molecule has 1 N–H and O–H groups in total. The number of rotatable bonds is 9. The molecule has 1 amide bonds. The number of hydrogen-bond acceptors (Lipinski definition) is 6. The Morgan fingerprint density at radius 2 is 2.06 bits per heavy atom. The van der Waals surface area contributed by atoms with Gasteiger partial charge < -0.3 is 10.1 Å². The Morgan fingerprint density at radius 3 is 2.87 bits per heavy atom. The number of aromatic nitrogens is 4. The van der Waals surface area contributed by atoms with E-state index < -0.39 is 0 Å². The normalized spacial score (nSPS) is 11.3. The summed E-state index contributed by atoms with van der Waals surface area (Å²) in [5, 5.41) is 13.4. The second kappa shape index (κ2) is 9.30. The fourth-order valence-corrected chi connectivity index (χ4v) is 4.44. The maximum atomic E-state index is 12.9. The molecule has 4 rings (SSSR count). The molecule has 0 aliphatic carbocycles. The van der Waals surface area contributed by atoms with Crippen LogP contribution < -0.4 is 15.6 Å². The lowest BCUT2D eigenvalue weighted by Gasteiger charge is -2.10. The van der Waals surface area contributed by atoms with Crippen LogP contribution in [0.5, 0.6) is 5.75 Å². The summed E-state index contributed by atoms with van der Waals surface area (Å²) in [5.74, 6) is 1.88. The van der Waals surface area contributed by atoms with Crippen LogP contribution in [0.15, 0.2) is 40.5 Å². The Balaban J connectivity index is 1.53. The molecule has 0 radical (unpaired) electrons. The van der Waals surface area contributed by atoms with Gasteiger partial charge in [0.25, 0.3) is 5.56 Å². The lowest BCUT2D eigenvalue weighted by Crippen LogP contribution is -2.24. The van der Waals surface area contributed by atoms with E-state index in [-0.39, 0.29) is 17.9 Å². The molecule has 1 aromatic carbocycles. The lowest BCUT2D eigenvalue weighted by atomic mass is 10.2. The number of aryl methyl sites for hydroxylation is 2. The first-order valence-corrected chi connectivity index (χ1v) is 11.2. The summed E-state index contributed by atoms with van der Waals surface area (Å²) >= 11 is 1.42. The summed E-state index contributed by atoms with van der Waals surface area (Å²) in [6.07, 6.45) is 2.57. The van der Waals surface area contributed by atoms with Gasteiger partial charge in [-0.15, -0.1) is 21.5 Å². The highest BCUT2D eigenvalue weighted by atomic mass is 32.1. The number of nitrogens with zero attached hydrogens (tertiary/aromatic N) is 4. The number of carbonyl (C=O) groups is 1. The van der Waals surface area contributed by atoms with Crippen molar-refractivity contribution in [1.82, 2.24) is 24.5 Å². The van der Waals surface area contributed by atoms with Crippen LogP contribution >= 0.6 is 11.3 Å². The Morgan fingerprint density at radius 1 is 1.23 bits per heavy atom. The molecule has 3 aromatic heterocycles.